The molecule has 0 spiro atoms. The molecule has 10 nitrogen and oxygen atoms in total. The normalized spacial score (nSPS) is 14.2. The van der Waals surface area contributed by atoms with Crippen LogP contribution in [0.3, 0.4) is 0 Å². The molecule has 198 valence electrons. The van der Waals surface area contributed by atoms with Crippen molar-refractivity contribution in [2.75, 3.05) is 23.9 Å². The Morgan fingerprint density at radius 1 is 0.974 bits per heavy atom. The number of hydrogen-bond donors (Lipinski definition) is 2. The van der Waals surface area contributed by atoms with Gasteiger partial charge in [0.15, 0.2) is 6.61 Å². The first-order chi connectivity index (χ1) is 18.7. The van der Waals surface area contributed by atoms with Crippen LogP contribution in [0, 0.1) is 0 Å². The molecule has 1 heterocycles. The zero-order valence-electron chi connectivity index (χ0n) is 20.2. The summed E-state index contributed by atoms with van der Waals surface area (Å²) < 4.78 is 11.2. The molecule has 2 N–H and O–H groups in total. The third kappa shape index (κ3) is 6.41. The zero-order chi connectivity index (χ0) is 28.1. The summed E-state index contributed by atoms with van der Waals surface area (Å²) >= 11 is 6.78. The van der Waals surface area contributed by atoms with Crippen LogP contribution < -0.4 is 20.3 Å². The molecule has 3 aromatic carbocycles. The van der Waals surface area contributed by atoms with Crippen LogP contribution in [0.1, 0.15) is 15.9 Å². The van der Waals surface area contributed by atoms with Crippen molar-refractivity contribution in [3.63, 3.8) is 0 Å². The highest BCUT2D eigenvalue weighted by Gasteiger charge is 2.37. The zero-order valence-corrected chi connectivity index (χ0v) is 23.4. The maximum absolute atomic E-state index is 13.2. The number of anilines is 2. The molecule has 39 heavy (non-hydrogen) atoms. The number of nitrogens with zero attached hydrogens (tertiary/aromatic N) is 1. The summed E-state index contributed by atoms with van der Waals surface area (Å²) in [7, 11) is 1.23. The number of amides is 5. The molecule has 0 radical (unpaired) electrons. The number of ether oxygens (including phenoxy) is 2. The maximum atomic E-state index is 13.2. The van der Waals surface area contributed by atoms with Gasteiger partial charge in [-0.05, 0) is 92.0 Å². The molecule has 0 saturated carbocycles. The summed E-state index contributed by atoms with van der Waals surface area (Å²) in [4.78, 5) is 62.9. The van der Waals surface area contributed by atoms with Crippen molar-refractivity contribution in [1.29, 1.82) is 0 Å². The van der Waals surface area contributed by atoms with E-state index >= 15 is 0 Å². The lowest BCUT2D eigenvalue weighted by Gasteiger charge is -2.26. The Balaban J connectivity index is 1.53. The van der Waals surface area contributed by atoms with E-state index in [4.69, 9.17) is 4.74 Å². The maximum Gasteiger partial charge on any atom is 0.337 e. The van der Waals surface area contributed by atoms with Gasteiger partial charge in [0.1, 0.15) is 11.3 Å². The van der Waals surface area contributed by atoms with E-state index in [1.165, 1.54) is 37.5 Å². The highest BCUT2D eigenvalue weighted by molar-refractivity contribution is 9.11. The first kappa shape index (κ1) is 27.7. The number of imide groups is 2. The third-order valence-electron chi connectivity index (χ3n) is 5.39. The summed E-state index contributed by atoms with van der Waals surface area (Å²) in [6.45, 7) is -0.265. The Kier molecular flexibility index (Phi) is 8.57. The van der Waals surface area contributed by atoms with Crippen molar-refractivity contribution in [2.45, 2.75) is 0 Å². The summed E-state index contributed by atoms with van der Waals surface area (Å²) in [5.41, 5.74) is 1.16. The largest absolute Gasteiger partial charge is 0.481 e. The van der Waals surface area contributed by atoms with Crippen LogP contribution in [-0.2, 0) is 19.1 Å². The van der Waals surface area contributed by atoms with Crippen molar-refractivity contribution in [1.82, 2.24) is 5.32 Å². The van der Waals surface area contributed by atoms with Gasteiger partial charge in [-0.25, -0.2) is 14.5 Å². The minimum atomic E-state index is -0.923. The highest BCUT2D eigenvalue weighted by Crippen LogP contribution is 2.36. The summed E-state index contributed by atoms with van der Waals surface area (Å²) in [6.07, 6.45) is 1.32. The van der Waals surface area contributed by atoms with Gasteiger partial charge < -0.3 is 14.8 Å². The molecule has 1 fully saturated rings. The van der Waals surface area contributed by atoms with E-state index in [0.717, 1.165) is 4.90 Å². The van der Waals surface area contributed by atoms with Gasteiger partial charge in [0.05, 0.1) is 27.3 Å². The SMILES string of the molecule is COC(=O)c1ccc(N2C(=O)NC(=O)/C(=C/c3cc(Br)c(OCC(=O)Nc4ccccc4)c(Br)c3)C2=O)cc1. The lowest BCUT2D eigenvalue weighted by atomic mass is 10.1. The van der Waals surface area contributed by atoms with Gasteiger partial charge in [-0.3, -0.25) is 19.7 Å². The quantitative estimate of drug-likeness (QED) is 0.214. The number of esters is 1. The van der Waals surface area contributed by atoms with Crippen molar-refractivity contribution in [2.24, 2.45) is 0 Å². The second kappa shape index (κ2) is 12.0. The number of barbiturate groups is 1. The van der Waals surface area contributed by atoms with Crippen LogP contribution in [0.4, 0.5) is 16.2 Å². The number of para-hydroxylation sites is 1. The smallest absolute Gasteiger partial charge is 0.337 e. The Morgan fingerprint density at radius 2 is 1.62 bits per heavy atom. The average Bonchev–Trinajstić information content (AvgIpc) is 2.91. The number of carbonyl (C=O) groups excluding carboxylic acids is 5. The molecule has 0 bridgehead atoms. The van der Waals surface area contributed by atoms with E-state index < -0.39 is 23.8 Å². The van der Waals surface area contributed by atoms with Crippen LogP contribution >= 0.6 is 31.9 Å². The molecule has 4 rings (SSSR count). The minimum Gasteiger partial charge on any atom is -0.481 e. The van der Waals surface area contributed by atoms with E-state index in [-0.39, 0.29) is 29.3 Å². The van der Waals surface area contributed by atoms with Gasteiger partial charge in [0.25, 0.3) is 17.7 Å². The Morgan fingerprint density at radius 3 is 2.23 bits per heavy atom. The second-order valence-electron chi connectivity index (χ2n) is 8.01. The molecule has 3 aromatic rings. The van der Waals surface area contributed by atoms with E-state index in [1.54, 1.807) is 36.4 Å². The number of hydrogen-bond acceptors (Lipinski definition) is 7. The number of carbonyl (C=O) groups is 5. The molecule has 12 heteroatoms. The molecule has 1 aliphatic rings. The Bertz CT molecular complexity index is 1480. The van der Waals surface area contributed by atoms with Crippen molar-refractivity contribution in [3.8, 4) is 5.75 Å². The second-order valence-corrected chi connectivity index (χ2v) is 9.72. The first-order valence-corrected chi connectivity index (χ1v) is 12.8. The summed E-state index contributed by atoms with van der Waals surface area (Å²) in [5, 5.41) is 4.86. The van der Waals surface area contributed by atoms with Crippen molar-refractivity contribution < 1.29 is 33.4 Å². The first-order valence-electron chi connectivity index (χ1n) is 11.2. The number of methoxy groups -OCH3 is 1. The average molecular weight is 657 g/mol. The van der Waals surface area contributed by atoms with Gasteiger partial charge in [0, 0.05) is 5.69 Å². The van der Waals surface area contributed by atoms with Gasteiger partial charge in [-0.1, -0.05) is 18.2 Å². The molecule has 0 aliphatic carbocycles. The van der Waals surface area contributed by atoms with E-state index in [9.17, 15) is 24.0 Å². The van der Waals surface area contributed by atoms with Gasteiger partial charge >= 0.3 is 12.0 Å². The third-order valence-corrected chi connectivity index (χ3v) is 6.56. The molecule has 1 aliphatic heterocycles. The van der Waals surface area contributed by atoms with Crippen LogP contribution in [-0.4, -0.2) is 43.4 Å². The number of benzene rings is 3. The van der Waals surface area contributed by atoms with E-state index in [1.807, 2.05) is 6.07 Å². The van der Waals surface area contributed by atoms with Crippen LogP contribution in [0.25, 0.3) is 6.08 Å². The number of halogens is 2. The molecule has 0 atom stereocenters. The molecule has 0 aromatic heterocycles. The number of rotatable bonds is 7. The predicted molar refractivity (Wildman–Crippen MR) is 149 cm³/mol. The number of urea groups is 1. The van der Waals surface area contributed by atoms with Gasteiger partial charge in [0.2, 0.25) is 0 Å². The van der Waals surface area contributed by atoms with E-state index in [0.29, 0.717) is 25.9 Å². The standard InChI is InChI=1S/C27H19Br2N3O7/c1-38-26(36)16-7-9-18(10-8-16)32-25(35)19(24(34)31-27(32)37)11-15-12-20(28)23(21(29)13-15)39-14-22(33)30-17-5-3-2-4-6-17/h2-13H,14H2,1H3,(H,30,33)(H,31,34,37)/b19-11-. The Hall–Kier alpha value is -4.29. The van der Waals surface area contributed by atoms with Crippen molar-refractivity contribution >= 4 is 79.0 Å². The molecule has 5 amide bonds. The predicted octanol–water partition coefficient (Wildman–Crippen LogP) is 4.68. The fourth-order valence-corrected chi connectivity index (χ4v) is 5.03. The fourth-order valence-electron chi connectivity index (χ4n) is 3.58. The molecule has 0 unspecified atom stereocenters. The fraction of sp³-hybridized carbons (Fsp3) is 0.0741. The van der Waals surface area contributed by atoms with Crippen LogP contribution in [0.15, 0.2) is 81.2 Å². The summed E-state index contributed by atoms with van der Waals surface area (Å²) in [6, 6.07) is 16.8. The number of nitrogens with one attached hydrogen (secondary N) is 2. The highest BCUT2D eigenvalue weighted by atomic mass is 79.9. The minimum absolute atomic E-state index is 0.156. The molecular formula is C27H19Br2N3O7. The van der Waals surface area contributed by atoms with E-state index in [2.05, 4.69) is 47.2 Å². The lowest BCUT2D eigenvalue weighted by molar-refractivity contribution is -0.122. The van der Waals surface area contributed by atoms with Crippen molar-refractivity contribution in [3.05, 3.63) is 92.4 Å². The monoisotopic (exact) mass is 655 g/mol. The molecule has 1 saturated heterocycles. The van der Waals surface area contributed by atoms with Gasteiger partial charge in [-0.15, -0.1) is 0 Å². The topological polar surface area (TPSA) is 131 Å². The Labute approximate surface area is 239 Å². The lowest BCUT2D eigenvalue weighted by Crippen LogP contribution is -2.54. The van der Waals surface area contributed by atoms with Crippen LogP contribution in [0.2, 0.25) is 0 Å². The van der Waals surface area contributed by atoms with Crippen LogP contribution in [0.5, 0.6) is 5.75 Å². The summed E-state index contributed by atoms with van der Waals surface area (Å²) in [5.74, 6) is -2.31. The molecular weight excluding hydrogens is 638 g/mol. The van der Waals surface area contributed by atoms with Gasteiger partial charge in [-0.2, -0.15) is 0 Å².